The average Bonchev–Trinajstić information content (AvgIpc) is 3.24. The van der Waals surface area contributed by atoms with Gasteiger partial charge >= 0.3 is 0 Å². The average molecular weight is 460 g/mol. The van der Waals surface area contributed by atoms with Crippen molar-refractivity contribution in [1.29, 1.82) is 0 Å². The third kappa shape index (κ3) is 4.83. The molecule has 0 saturated carbocycles. The van der Waals surface area contributed by atoms with Crippen LogP contribution in [0.2, 0.25) is 0 Å². The van der Waals surface area contributed by atoms with E-state index in [1.807, 2.05) is 24.3 Å². The Labute approximate surface area is 187 Å². The van der Waals surface area contributed by atoms with E-state index in [2.05, 4.69) is 5.32 Å². The highest BCUT2D eigenvalue weighted by molar-refractivity contribution is 7.89. The molecule has 2 saturated heterocycles. The van der Waals surface area contributed by atoms with E-state index in [4.69, 9.17) is 0 Å². The molecule has 0 aromatic heterocycles. The molecule has 2 aromatic rings. The summed E-state index contributed by atoms with van der Waals surface area (Å²) in [6.07, 6.45) is 2.58. The summed E-state index contributed by atoms with van der Waals surface area (Å²) >= 11 is 0. The molecule has 2 aliphatic rings. The van der Waals surface area contributed by atoms with Crippen LogP contribution in [0.3, 0.4) is 0 Å². The van der Waals surface area contributed by atoms with Gasteiger partial charge in [0.2, 0.25) is 21.8 Å². The lowest BCUT2D eigenvalue weighted by atomic mass is 9.98. The molecule has 2 heterocycles. The van der Waals surface area contributed by atoms with Crippen LogP contribution in [0.15, 0.2) is 53.4 Å². The molecule has 1 atom stereocenters. The van der Waals surface area contributed by atoms with Gasteiger partial charge in [0, 0.05) is 38.3 Å². The van der Waals surface area contributed by atoms with E-state index >= 15 is 0 Å². The number of carbonyl (C=O) groups excluding carboxylic acids is 2. The van der Waals surface area contributed by atoms with Gasteiger partial charge in [0.05, 0.1) is 10.8 Å². The number of halogens is 1. The molecule has 0 bridgehead atoms. The first kappa shape index (κ1) is 22.4. The molecule has 0 spiro atoms. The van der Waals surface area contributed by atoms with E-state index in [9.17, 15) is 22.4 Å². The van der Waals surface area contributed by atoms with E-state index in [-0.39, 0.29) is 23.3 Å². The maximum absolute atomic E-state index is 13.2. The number of sulfonamides is 1. The van der Waals surface area contributed by atoms with Crippen molar-refractivity contribution in [1.82, 2.24) is 9.62 Å². The van der Waals surface area contributed by atoms with Gasteiger partial charge < -0.3 is 10.2 Å². The molecular weight excluding hydrogens is 433 g/mol. The molecule has 1 unspecified atom stereocenters. The van der Waals surface area contributed by atoms with Gasteiger partial charge in [-0.05, 0) is 61.2 Å². The van der Waals surface area contributed by atoms with Crippen molar-refractivity contribution in [2.45, 2.75) is 37.1 Å². The van der Waals surface area contributed by atoms with Gasteiger partial charge in [-0.1, -0.05) is 12.1 Å². The maximum atomic E-state index is 13.2. The molecule has 2 aromatic carbocycles. The van der Waals surface area contributed by atoms with Crippen molar-refractivity contribution in [3.05, 3.63) is 59.9 Å². The van der Waals surface area contributed by atoms with E-state index in [0.717, 1.165) is 29.8 Å². The highest BCUT2D eigenvalue weighted by Crippen LogP contribution is 2.25. The quantitative estimate of drug-likeness (QED) is 0.720. The number of nitrogens with one attached hydrogen (secondary N) is 1. The standard InChI is InChI=1S/C23H26FN3O4S/c24-19-8-10-21(11-9-19)32(30,31)26-12-2-5-18(16-26)23(29)25-15-17-4-1-6-20(14-17)27-13-3-7-22(27)28/h1,4,6,8-11,14,18H,2-3,5,7,12-13,15-16H2,(H,25,29). The van der Waals surface area contributed by atoms with Crippen LogP contribution in [0.5, 0.6) is 0 Å². The number of piperidine rings is 1. The highest BCUT2D eigenvalue weighted by atomic mass is 32.2. The van der Waals surface area contributed by atoms with Crippen LogP contribution in [0.4, 0.5) is 10.1 Å². The van der Waals surface area contributed by atoms with E-state index in [1.54, 1.807) is 4.90 Å². The number of amides is 2. The Hall–Kier alpha value is -2.78. The van der Waals surface area contributed by atoms with Crippen LogP contribution in [-0.4, -0.2) is 44.2 Å². The Morgan fingerprint density at radius 2 is 1.88 bits per heavy atom. The lowest BCUT2D eigenvalue weighted by molar-refractivity contribution is -0.126. The fourth-order valence-electron chi connectivity index (χ4n) is 4.22. The van der Waals surface area contributed by atoms with Crippen LogP contribution < -0.4 is 10.2 Å². The fraction of sp³-hybridized carbons (Fsp3) is 0.391. The predicted molar refractivity (Wildman–Crippen MR) is 118 cm³/mol. The molecule has 0 radical (unpaired) electrons. The van der Waals surface area contributed by atoms with Crippen LogP contribution in [0.25, 0.3) is 0 Å². The second-order valence-electron chi connectivity index (χ2n) is 8.19. The van der Waals surface area contributed by atoms with Crippen LogP contribution in [0, 0.1) is 11.7 Å². The normalized spacial score (nSPS) is 19.8. The zero-order valence-electron chi connectivity index (χ0n) is 17.7. The number of carbonyl (C=O) groups is 2. The minimum atomic E-state index is -3.78. The van der Waals surface area contributed by atoms with Crippen molar-refractivity contribution < 1.29 is 22.4 Å². The van der Waals surface area contributed by atoms with Crippen molar-refractivity contribution >= 4 is 27.5 Å². The number of hydrogen-bond acceptors (Lipinski definition) is 4. The second kappa shape index (κ2) is 9.38. The predicted octanol–water partition coefficient (Wildman–Crippen LogP) is 2.67. The summed E-state index contributed by atoms with van der Waals surface area (Å²) in [5.41, 5.74) is 1.70. The molecule has 32 heavy (non-hydrogen) atoms. The summed E-state index contributed by atoms with van der Waals surface area (Å²) in [5, 5.41) is 2.90. The summed E-state index contributed by atoms with van der Waals surface area (Å²) in [5.74, 6) is -1.05. The zero-order valence-corrected chi connectivity index (χ0v) is 18.5. The first-order valence-electron chi connectivity index (χ1n) is 10.8. The Balaban J connectivity index is 1.38. The third-order valence-electron chi connectivity index (χ3n) is 5.97. The minimum absolute atomic E-state index is 0.0215. The van der Waals surface area contributed by atoms with Crippen molar-refractivity contribution in [3.63, 3.8) is 0 Å². The van der Waals surface area contributed by atoms with Crippen LogP contribution in [-0.2, 0) is 26.2 Å². The molecule has 2 fully saturated rings. The van der Waals surface area contributed by atoms with Crippen molar-refractivity contribution in [2.24, 2.45) is 5.92 Å². The molecule has 1 N–H and O–H groups in total. The summed E-state index contributed by atoms with van der Waals surface area (Å²) in [7, 11) is -3.78. The smallest absolute Gasteiger partial charge is 0.243 e. The maximum Gasteiger partial charge on any atom is 0.243 e. The minimum Gasteiger partial charge on any atom is -0.352 e. The lowest BCUT2D eigenvalue weighted by Gasteiger charge is -2.31. The topological polar surface area (TPSA) is 86.8 Å². The second-order valence-corrected chi connectivity index (χ2v) is 10.1. The number of benzene rings is 2. The summed E-state index contributed by atoms with van der Waals surface area (Å²) < 4.78 is 40.2. The number of hydrogen-bond donors (Lipinski definition) is 1. The monoisotopic (exact) mass is 459 g/mol. The molecule has 2 amide bonds. The fourth-order valence-corrected chi connectivity index (χ4v) is 5.74. The van der Waals surface area contributed by atoms with Gasteiger partial charge in [0.15, 0.2) is 0 Å². The molecule has 0 aliphatic carbocycles. The van der Waals surface area contributed by atoms with Gasteiger partial charge in [-0.2, -0.15) is 4.31 Å². The van der Waals surface area contributed by atoms with E-state index in [1.165, 1.54) is 16.4 Å². The summed E-state index contributed by atoms with van der Waals surface area (Å²) in [6.45, 7) is 1.42. The van der Waals surface area contributed by atoms with Gasteiger partial charge in [-0.25, -0.2) is 12.8 Å². The Morgan fingerprint density at radius 3 is 2.59 bits per heavy atom. The summed E-state index contributed by atoms with van der Waals surface area (Å²) in [4.78, 5) is 26.5. The van der Waals surface area contributed by atoms with Gasteiger partial charge in [-0.3, -0.25) is 9.59 Å². The SMILES string of the molecule is O=C(NCc1cccc(N2CCCC2=O)c1)C1CCCN(S(=O)(=O)c2ccc(F)cc2)C1. The van der Waals surface area contributed by atoms with Crippen molar-refractivity contribution in [2.75, 3.05) is 24.5 Å². The first-order chi connectivity index (χ1) is 15.3. The molecule has 9 heteroatoms. The number of rotatable bonds is 6. The van der Waals surface area contributed by atoms with Gasteiger partial charge in [0.1, 0.15) is 5.82 Å². The molecular formula is C23H26FN3O4S. The van der Waals surface area contributed by atoms with Crippen LogP contribution >= 0.6 is 0 Å². The molecule has 2 aliphatic heterocycles. The largest absolute Gasteiger partial charge is 0.352 e. The number of anilines is 1. The van der Waals surface area contributed by atoms with Gasteiger partial charge in [0.25, 0.3) is 0 Å². The Morgan fingerprint density at radius 1 is 1.09 bits per heavy atom. The summed E-state index contributed by atoms with van der Waals surface area (Å²) in [6, 6.07) is 12.2. The zero-order chi connectivity index (χ0) is 22.7. The molecule has 170 valence electrons. The Kier molecular flexibility index (Phi) is 6.57. The molecule has 7 nitrogen and oxygen atoms in total. The van der Waals surface area contributed by atoms with Crippen molar-refractivity contribution in [3.8, 4) is 0 Å². The third-order valence-corrected chi connectivity index (χ3v) is 7.85. The Bertz CT molecular complexity index is 1100. The number of nitrogens with zero attached hydrogens (tertiary/aromatic N) is 2. The van der Waals surface area contributed by atoms with Gasteiger partial charge in [-0.15, -0.1) is 0 Å². The van der Waals surface area contributed by atoms with Crippen LogP contribution in [0.1, 0.15) is 31.2 Å². The highest BCUT2D eigenvalue weighted by Gasteiger charge is 2.33. The van der Waals surface area contributed by atoms with E-state index < -0.39 is 21.8 Å². The first-order valence-corrected chi connectivity index (χ1v) is 12.2. The molecule has 4 rings (SSSR count). The van der Waals surface area contributed by atoms with E-state index in [0.29, 0.717) is 38.9 Å². The lowest BCUT2D eigenvalue weighted by Crippen LogP contribution is -2.45.